The van der Waals surface area contributed by atoms with Gasteiger partial charge < -0.3 is 5.32 Å². The van der Waals surface area contributed by atoms with Gasteiger partial charge in [0.25, 0.3) is 5.69 Å². The third-order valence-corrected chi connectivity index (χ3v) is 3.08. The molecule has 0 saturated heterocycles. The van der Waals surface area contributed by atoms with Gasteiger partial charge in [0.2, 0.25) is 0 Å². The summed E-state index contributed by atoms with van der Waals surface area (Å²) in [7, 11) is 0. The summed E-state index contributed by atoms with van der Waals surface area (Å²) in [6.07, 6.45) is 3.30. The molecule has 5 heteroatoms. The zero-order chi connectivity index (χ0) is 12.4. The SMILES string of the molecule is CCCC1CC1Nc1ccc(F)cc1[N+](=O)[O-]. The Kier molecular flexibility index (Phi) is 3.26. The van der Waals surface area contributed by atoms with Crippen LogP contribution in [0.3, 0.4) is 0 Å². The molecule has 1 aromatic rings. The summed E-state index contributed by atoms with van der Waals surface area (Å²) in [6.45, 7) is 2.12. The normalized spacial score (nSPS) is 22.2. The van der Waals surface area contributed by atoms with E-state index in [0.29, 0.717) is 17.6 Å². The van der Waals surface area contributed by atoms with E-state index in [4.69, 9.17) is 0 Å². The average Bonchev–Trinajstić information content (AvgIpc) is 2.99. The van der Waals surface area contributed by atoms with Gasteiger partial charge in [-0.2, -0.15) is 0 Å². The number of nitrogens with zero attached hydrogens (tertiary/aromatic N) is 1. The van der Waals surface area contributed by atoms with E-state index < -0.39 is 10.7 Å². The minimum Gasteiger partial charge on any atom is -0.376 e. The first-order chi connectivity index (χ1) is 8.11. The molecule has 92 valence electrons. The van der Waals surface area contributed by atoms with Gasteiger partial charge in [0.05, 0.1) is 11.0 Å². The highest BCUT2D eigenvalue weighted by molar-refractivity contribution is 5.62. The highest BCUT2D eigenvalue weighted by atomic mass is 19.1. The maximum atomic E-state index is 12.9. The van der Waals surface area contributed by atoms with Crippen LogP contribution < -0.4 is 5.32 Å². The van der Waals surface area contributed by atoms with Crippen molar-refractivity contribution in [2.75, 3.05) is 5.32 Å². The Morgan fingerprint density at radius 2 is 2.35 bits per heavy atom. The van der Waals surface area contributed by atoms with Crippen molar-refractivity contribution in [2.45, 2.75) is 32.2 Å². The van der Waals surface area contributed by atoms with Crippen LogP contribution in [0, 0.1) is 21.8 Å². The molecule has 0 amide bonds. The molecule has 17 heavy (non-hydrogen) atoms. The molecule has 1 N–H and O–H groups in total. The van der Waals surface area contributed by atoms with Gasteiger partial charge in [-0.3, -0.25) is 10.1 Å². The van der Waals surface area contributed by atoms with Crippen LogP contribution in [0.2, 0.25) is 0 Å². The van der Waals surface area contributed by atoms with Crippen molar-refractivity contribution in [3.8, 4) is 0 Å². The Bertz CT molecular complexity index is 437. The number of nitro benzene ring substituents is 1. The molecule has 1 aliphatic rings. The maximum absolute atomic E-state index is 12.9. The lowest BCUT2D eigenvalue weighted by atomic mass is 10.2. The van der Waals surface area contributed by atoms with Crippen molar-refractivity contribution < 1.29 is 9.31 Å². The fraction of sp³-hybridized carbons (Fsp3) is 0.500. The number of benzene rings is 1. The van der Waals surface area contributed by atoms with Crippen molar-refractivity contribution in [1.29, 1.82) is 0 Å². The first-order valence-electron chi connectivity index (χ1n) is 5.82. The lowest BCUT2D eigenvalue weighted by Crippen LogP contribution is -2.07. The van der Waals surface area contributed by atoms with Crippen LogP contribution in [-0.4, -0.2) is 11.0 Å². The summed E-state index contributed by atoms with van der Waals surface area (Å²) >= 11 is 0. The van der Waals surface area contributed by atoms with Crippen molar-refractivity contribution in [3.05, 3.63) is 34.1 Å². The lowest BCUT2D eigenvalue weighted by molar-refractivity contribution is -0.384. The molecule has 0 bridgehead atoms. The van der Waals surface area contributed by atoms with E-state index in [0.717, 1.165) is 25.3 Å². The van der Waals surface area contributed by atoms with Crippen molar-refractivity contribution in [3.63, 3.8) is 0 Å². The first-order valence-corrected chi connectivity index (χ1v) is 5.82. The second-order valence-corrected chi connectivity index (χ2v) is 4.45. The molecule has 1 saturated carbocycles. The molecule has 0 spiro atoms. The molecule has 2 atom stereocenters. The molecular formula is C12H15FN2O2. The zero-order valence-electron chi connectivity index (χ0n) is 9.65. The van der Waals surface area contributed by atoms with Crippen LogP contribution >= 0.6 is 0 Å². The zero-order valence-corrected chi connectivity index (χ0v) is 9.65. The molecule has 1 aliphatic carbocycles. The van der Waals surface area contributed by atoms with E-state index in [9.17, 15) is 14.5 Å². The predicted molar refractivity (Wildman–Crippen MR) is 63.5 cm³/mol. The minimum atomic E-state index is -0.580. The van der Waals surface area contributed by atoms with E-state index in [2.05, 4.69) is 12.2 Å². The van der Waals surface area contributed by atoms with Crippen LogP contribution in [-0.2, 0) is 0 Å². The van der Waals surface area contributed by atoms with Crippen LogP contribution in [0.4, 0.5) is 15.8 Å². The largest absolute Gasteiger partial charge is 0.376 e. The van der Waals surface area contributed by atoms with Gasteiger partial charge in [0, 0.05) is 6.04 Å². The Hall–Kier alpha value is -1.65. The topological polar surface area (TPSA) is 55.2 Å². The van der Waals surface area contributed by atoms with Gasteiger partial charge in [-0.15, -0.1) is 0 Å². The van der Waals surface area contributed by atoms with Gasteiger partial charge in [-0.25, -0.2) is 4.39 Å². The molecular weight excluding hydrogens is 223 g/mol. The van der Waals surface area contributed by atoms with Crippen molar-refractivity contribution in [2.24, 2.45) is 5.92 Å². The third kappa shape index (κ3) is 2.72. The quantitative estimate of drug-likeness (QED) is 0.632. The Morgan fingerprint density at radius 3 is 3.00 bits per heavy atom. The van der Waals surface area contributed by atoms with Crippen LogP contribution in [0.5, 0.6) is 0 Å². The minimum absolute atomic E-state index is 0.188. The summed E-state index contributed by atoms with van der Waals surface area (Å²) < 4.78 is 12.9. The third-order valence-electron chi connectivity index (χ3n) is 3.08. The van der Waals surface area contributed by atoms with Crippen molar-refractivity contribution in [1.82, 2.24) is 0 Å². The highest BCUT2D eigenvalue weighted by Crippen LogP contribution is 2.39. The summed E-state index contributed by atoms with van der Waals surface area (Å²) in [4.78, 5) is 10.2. The number of nitro groups is 1. The first kappa shape index (κ1) is 11.8. The predicted octanol–water partition coefficient (Wildman–Crippen LogP) is 3.33. The van der Waals surface area contributed by atoms with Gasteiger partial charge in [-0.05, 0) is 30.9 Å². The van der Waals surface area contributed by atoms with Gasteiger partial charge in [0.1, 0.15) is 11.5 Å². The molecule has 0 aromatic heterocycles. The number of rotatable bonds is 5. The van der Waals surface area contributed by atoms with Gasteiger partial charge >= 0.3 is 0 Å². The fourth-order valence-corrected chi connectivity index (χ4v) is 2.09. The van der Waals surface area contributed by atoms with E-state index in [1.165, 1.54) is 12.1 Å². The van der Waals surface area contributed by atoms with E-state index in [-0.39, 0.29) is 5.69 Å². The van der Waals surface area contributed by atoms with Gasteiger partial charge in [-0.1, -0.05) is 13.3 Å². The molecule has 1 fully saturated rings. The number of nitrogens with one attached hydrogen (secondary N) is 1. The van der Waals surface area contributed by atoms with E-state index >= 15 is 0 Å². The molecule has 2 rings (SSSR count). The average molecular weight is 238 g/mol. The number of halogens is 1. The van der Waals surface area contributed by atoms with Crippen LogP contribution in [0.15, 0.2) is 18.2 Å². The Balaban J connectivity index is 2.08. The maximum Gasteiger partial charge on any atom is 0.295 e. The van der Waals surface area contributed by atoms with Crippen LogP contribution in [0.25, 0.3) is 0 Å². The summed E-state index contributed by atoms with van der Waals surface area (Å²) in [5.41, 5.74) is 0.229. The molecule has 2 unspecified atom stereocenters. The molecule has 4 nitrogen and oxygen atoms in total. The Labute approximate surface area is 99.0 Å². The summed E-state index contributed by atoms with van der Waals surface area (Å²) in [6, 6.07) is 3.94. The summed E-state index contributed by atoms with van der Waals surface area (Å²) in [5.74, 6) is 0.0211. The highest BCUT2D eigenvalue weighted by Gasteiger charge is 2.37. The standard InChI is InChI=1S/C12H15FN2O2/c1-2-3-8-6-11(8)14-10-5-4-9(13)7-12(10)15(16)17/h4-5,7-8,11,14H,2-3,6H2,1H3. The van der Waals surface area contributed by atoms with Crippen molar-refractivity contribution >= 4 is 11.4 Å². The van der Waals surface area contributed by atoms with Crippen LogP contribution in [0.1, 0.15) is 26.2 Å². The monoisotopic (exact) mass is 238 g/mol. The van der Waals surface area contributed by atoms with E-state index in [1.54, 1.807) is 0 Å². The lowest BCUT2D eigenvalue weighted by Gasteiger charge is -2.06. The summed E-state index contributed by atoms with van der Waals surface area (Å²) in [5, 5.41) is 13.9. The second-order valence-electron chi connectivity index (χ2n) is 4.45. The molecule has 0 radical (unpaired) electrons. The number of hydrogen-bond acceptors (Lipinski definition) is 3. The molecule has 0 aliphatic heterocycles. The molecule has 0 heterocycles. The number of hydrogen-bond donors (Lipinski definition) is 1. The number of anilines is 1. The fourth-order valence-electron chi connectivity index (χ4n) is 2.09. The second kappa shape index (κ2) is 4.69. The van der Waals surface area contributed by atoms with E-state index in [1.807, 2.05) is 0 Å². The Morgan fingerprint density at radius 1 is 1.59 bits per heavy atom. The molecule has 1 aromatic carbocycles. The van der Waals surface area contributed by atoms with Gasteiger partial charge in [0.15, 0.2) is 0 Å². The smallest absolute Gasteiger partial charge is 0.295 e.